The van der Waals surface area contributed by atoms with Crippen molar-refractivity contribution in [3.63, 3.8) is 0 Å². The molecule has 8 aliphatic rings. The molecule has 10 heteroatoms. The normalized spacial score (nSPS) is 19.8. The second-order valence-corrected chi connectivity index (χ2v) is 48.4. The number of aliphatic hydroxyl groups is 3. The molecule has 8 fully saturated rings. The summed E-state index contributed by atoms with van der Waals surface area (Å²) in [7, 11) is 2.26. The Morgan fingerprint density at radius 3 is 1.31 bits per heavy atom. The zero-order valence-corrected chi connectivity index (χ0v) is 85.0. The van der Waals surface area contributed by atoms with Gasteiger partial charge in [-0.15, -0.1) is 0 Å². The smallest absolute Gasteiger partial charge is 0.126 e. The van der Waals surface area contributed by atoms with Crippen LogP contribution >= 0.6 is 0 Å². The first kappa shape index (κ1) is 111. The van der Waals surface area contributed by atoms with Gasteiger partial charge in [0.15, 0.2) is 0 Å². The number of benzene rings is 1. The first-order valence-electron chi connectivity index (χ1n) is 47.2. The molecule has 3 N–H and O–H groups in total. The largest absolute Gasteiger partial charge is 0.390 e. The van der Waals surface area contributed by atoms with E-state index in [1.54, 1.807) is 18.6 Å². The van der Waals surface area contributed by atoms with Crippen LogP contribution in [-0.2, 0) is 15.9 Å². The van der Waals surface area contributed by atoms with Crippen LogP contribution in [-0.4, -0.2) is 117 Å². The van der Waals surface area contributed by atoms with Gasteiger partial charge in [-0.3, -0.25) is 9.88 Å². The van der Waals surface area contributed by atoms with Crippen molar-refractivity contribution in [3.05, 3.63) is 95.8 Å². The second kappa shape index (κ2) is 47.9. The molecule has 4 aliphatic heterocycles. The van der Waals surface area contributed by atoms with Gasteiger partial charge in [0.25, 0.3) is 0 Å². The van der Waals surface area contributed by atoms with Gasteiger partial charge >= 0.3 is 0 Å². The third-order valence-corrected chi connectivity index (χ3v) is 22.9. The molecule has 4 saturated heterocycles. The summed E-state index contributed by atoms with van der Waals surface area (Å²) in [5, 5.41) is 29.9. The lowest BCUT2D eigenvalue weighted by Gasteiger charge is -2.56. The van der Waals surface area contributed by atoms with Crippen molar-refractivity contribution in [1.29, 1.82) is 0 Å². The van der Waals surface area contributed by atoms with Gasteiger partial charge in [-0.1, -0.05) is 149 Å². The standard InChI is InChI=1S/C17H23F.C14H28N2.C14H26.C13H20O.C12H18O2.2C11H13N.C11H18O.C10H20O/c1-16(2,3)12-13-17(4,5)11-10-14-6-8-15(18)9-7-14;1-13(2,3)16-11-7-14(8-12-16)5-9-15(4)10-6-14;1-7-8-9-10-14(5,6)12-11-13(2,3)4;1-11(2,3)7-8-13(14)9-12(10-13)5-4-6-12;1-10(2,3)4-5-12(13)6-11(7-12)8-14-9-11;1-11(2,3)7-6-10-5-4-8-12-9-10;1-11(2,3)8-7-10-6-4-5-9-12-10;1-11(2,3)7-4-10-5-8-12-9-6-10;1-9(2,3)7-8-10(11)5-4-6-10/h6-9H,10-11H2,1-5H3;5-12H2,1-4H3;7-10H2,1-6H3;14H,4-6,9-10H2,1-3H3;13H,6-9H2,1-3H3;4-5,8-9H,1-3H3;4-6,9H,1-3H3;10H,5-6,8-9H2,1-3H3;11H,4-8H2,1-3H3. The molecule has 11 rings (SSSR count). The number of unbranched alkanes of at least 4 members (excludes halogenated alkanes) is 2. The average molecular weight is 1690 g/mol. The molecular weight excluding hydrogens is 1510 g/mol. The van der Waals surface area contributed by atoms with Gasteiger partial charge < -0.3 is 29.7 Å². The molecule has 0 unspecified atom stereocenters. The summed E-state index contributed by atoms with van der Waals surface area (Å²) in [6.45, 7) is 77.8. The van der Waals surface area contributed by atoms with Crippen molar-refractivity contribution in [1.82, 2.24) is 19.8 Å². The van der Waals surface area contributed by atoms with Crippen molar-refractivity contribution in [2.45, 2.75) is 398 Å². The molecule has 0 amide bonds. The fourth-order valence-electron chi connectivity index (χ4n) is 14.8. The van der Waals surface area contributed by atoms with Crippen molar-refractivity contribution in [2.24, 2.45) is 76.3 Å². The van der Waals surface area contributed by atoms with Crippen LogP contribution in [0.3, 0.4) is 0 Å². The van der Waals surface area contributed by atoms with Crippen LogP contribution in [0.4, 0.5) is 4.39 Å². The Balaban J connectivity index is 0.000000359. The number of halogens is 1. The molecular formula is C113H179FN4O5. The fourth-order valence-corrected chi connectivity index (χ4v) is 14.8. The fraction of sp³-hybridized carbons (Fsp3) is 0.735. The molecule has 6 heterocycles. The van der Waals surface area contributed by atoms with E-state index in [0.29, 0.717) is 27.7 Å². The van der Waals surface area contributed by atoms with Gasteiger partial charge in [0.2, 0.25) is 0 Å². The van der Waals surface area contributed by atoms with Gasteiger partial charge in [-0.05, 0) is 420 Å². The first-order valence-corrected chi connectivity index (χ1v) is 47.2. The second-order valence-electron chi connectivity index (χ2n) is 48.4. The lowest BCUT2D eigenvalue weighted by Crippen LogP contribution is -2.60. The monoisotopic (exact) mass is 1690 g/mol. The highest BCUT2D eigenvalue weighted by molar-refractivity contribution is 5.33. The van der Waals surface area contributed by atoms with Gasteiger partial charge in [-0.2, -0.15) is 0 Å². The number of hydrogen-bond acceptors (Lipinski definition) is 9. The Labute approximate surface area is 757 Å². The molecule has 0 radical (unpaired) electrons. The first-order chi connectivity index (χ1) is 56.2. The Morgan fingerprint density at radius 1 is 0.455 bits per heavy atom. The van der Waals surface area contributed by atoms with E-state index in [2.05, 4.69) is 331 Å². The Kier molecular flexibility index (Phi) is 43.4. The van der Waals surface area contributed by atoms with Crippen molar-refractivity contribution < 1.29 is 29.2 Å². The maximum Gasteiger partial charge on any atom is 0.126 e. The summed E-state index contributed by atoms with van der Waals surface area (Å²) in [5.41, 5.74) is 4.23. The zero-order chi connectivity index (χ0) is 93.4. The van der Waals surface area contributed by atoms with E-state index < -0.39 is 11.2 Å². The maximum atomic E-state index is 12.8. The topological polar surface area (TPSA) is 111 Å². The predicted molar refractivity (Wildman–Crippen MR) is 522 cm³/mol. The van der Waals surface area contributed by atoms with Crippen LogP contribution in [0.25, 0.3) is 0 Å². The van der Waals surface area contributed by atoms with E-state index in [4.69, 9.17) is 9.47 Å². The highest BCUT2D eigenvalue weighted by atomic mass is 19.1. The predicted octanol–water partition coefficient (Wildman–Crippen LogP) is 26.5. The van der Waals surface area contributed by atoms with E-state index >= 15 is 0 Å². The van der Waals surface area contributed by atoms with E-state index in [1.165, 1.54) is 121 Å². The van der Waals surface area contributed by atoms with Gasteiger partial charge in [0.05, 0.1) is 18.8 Å². The number of hydrogen-bond donors (Lipinski definition) is 3. The Morgan fingerprint density at radius 2 is 0.919 bits per heavy atom. The van der Waals surface area contributed by atoms with Crippen LogP contribution in [0.15, 0.2) is 73.2 Å². The number of rotatable bonds is 9. The summed E-state index contributed by atoms with van der Waals surface area (Å²) < 4.78 is 23.2. The van der Waals surface area contributed by atoms with Crippen molar-refractivity contribution >= 4 is 0 Å². The molecule has 4 aliphatic carbocycles. The minimum absolute atomic E-state index is 0.00165. The number of likely N-dealkylation sites (tertiary alicyclic amines) is 2. The highest BCUT2D eigenvalue weighted by Crippen LogP contribution is 2.60. The maximum absolute atomic E-state index is 12.8. The summed E-state index contributed by atoms with van der Waals surface area (Å²) in [6.07, 6.45) is 33.1. The summed E-state index contributed by atoms with van der Waals surface area (Å²) in [5.74, 6) is 45.1. The quantitative estimate of drug-likeness (QED) is 0.142. The van der Waals surface area contributed by atoms with Crippen LogP contribution in [0.1, 0.15) is 386 Å². The third-order valence-electron chi connectivity index (χ3n) is 22.9. The molecule has 9 nitrogen and oxygen atoms in total. The highest BCUT2D eigenvalue weighted by Gasteiger charge is 2.58. The average Bonchev–Trinajstić information content (AvgIpc) is 0.738. The van der Waals surface area contributed by atoms with E-state index in [-0.39, 0.29) is 65.6 Å². The van der Waals surface area contributed by atoms with E-state index in [1.807, 2.05) is 42.5 Å². The Bertz CT molecular complexity index is 3890. The number of ether oxygens (including phenoxy) is 2. The molecule has 0 bridgehead atoms. The van der Waals surface area contributed by atoms with Crippen molar-refractivity contribution in [3.8, 4) is 82.9 Å². The van der Waals surface area contributed by atoms with Gasteiger partial charge in [0, 0.05) is 103 Å². The molecule has 0 atom stereocenters. The summed E-state index contributed by atoms with van der Waals surface area (Å²) >= 11 is 0. The SMILES string of the molecule is CC(C)(C)C#CC(C)(C)CCc1ccc(F)cc1.CC(C)(C)C#CC1(O)CC2(CCC2)C1.CC(C)(C)C#CC1(O)CC2(COC2)C1.CC(C)(C)C#CC1CCOCC1.CC(C)(C)C#Cc1ccccn1.CC(C)(C)C#Cc1cccnc1.CC(C)(C)CCC1(O)CCC1.CCCCCC(C)(C)C#CC(C)(C)C.CN1CCC2(CC1)CCN(C(C)(C)C)CC2. The van der Waals surface area contributed by atoms with Gasteiger partial charge in [0.1, 0.15) is 22.7 Å². The summed E-state index contributed by atoms with van der Waals surface area (Å²) in [4.78, 5) is 13.2. The van der Waals surface area contributed by atoms with Crippen molar-refractivity contribution in [2.75, 3.05) is 59.7 Å². The lowest BCUT2D eigenvalue weighted by atomic mass is 9.50. The minimum Gasteiger partial charge on any atom is -0.390 e. The molecule has 688 valence electrons. The summed E-state index contributed by atoms with van der Waals surface area (Å²) in [6, 6.07) is 16.3. The number of piperidine rings is 2. The molecule has 2 aromatic heterocycles. The molecule has 1 aromatic carbocycles. The van der Waals surface area contributed by atoms with E-state index in [9.17, 15) is 19.7 Å². The number of aromatic nitrogens is 2. The van der Waals surface area contributed by atoms with Crippen LogP contribution < -0.4 is 0 Å². The number of aryl methyl sites for hydroxylation is 1. The van der Waals surface area contributed by atoms with Gasteiger partial charge in [-0.25, -0.2) is 9.37 Å². The lowest BCUT2D eigenvalue weighted by molar-refractivity contribution is -0.220. The molecule has 4 saturated carbocycles. The third kappa shape index (κ3) is 51.6. The number of nitrogens with zero attached hydrogens (tertiary/aromatic N) is 4. The minimum atomic E-state index is -0.725. The molecule has 123 heavy (non-hydrogen) atoms. The molecule has 3 aromatic rings. The zero-order valence-electron chi connectivity index (χ0n) is 85.0. The van der Waals surface area contributed by atoms with Crippen LogP contribution in [0.5, 0.6) is 0 Å². The molecule has 3 spiro atoms. The van der Waals surface area contributed by atoms with E-state index in [0.717, 1.165) is 115 Å². The number of pyridine rings is 2. The Hall–Kier alpha value is -5.91. The van der Waals surface area contributed by atoms with Crippen LogP contribution in [0, 0.1) is 165 Å². The van der Waals surface area contributed by atoms with Crippen LogP contribution in [0.2, 0.25) is 0 Å².